The quantitative estimate of drug-likeness (QED) is 0.775. The van der Waals surface area contributed by atoms with E-state index in [1.807, 2.05) is 4.52 Å². The van der Waals surface area contributed by atoms with Crippen LogP contribution >= 0.6 is 11.3 Å². The van der Waals surface area contributed by atoms with Crippen LogP contribution in [0.2, 0.25) is 0 Å². The third kappa shape index (κ3) is 2.59. The van der Waals surface area contributed by atoms with Crippen molar-refractivity contribution in [3.63, 3.8) is 0 Å². The van der Waals surface area contributed by atoms with E-state index in [2.05, 4.69) is 29.2 Å². The van der Waals surface area contributed by atoms with Gasteiger partial charge in [-0.25, -0.2) is 9.97 Å². The lowest BCUT2D eigenvalue weighted by Gasteiger charge is -2.30. The van der Waals surface area contributed by atoms with Crippen molar-refractivity contribution in [2.75, 3.05) is 18.5 Å². The molecule has 7 nitrogen and oxygen atoms in total. The molecule has 0 bridgehead atoms. The van der Waals surface area contributed by atoms with Crippen LogP contribution < -0.4 is 5.32 Å². The molecule has 0 saturated carbocycles. The van der Waals surface area contributed by atoms with E-state index in [0.29, 0.717) is 6.61 Å². The van der Waals surface area contributed by atoms with Crippen LogP contribution in [-0.2, 0) is 22.5 Å². The summed E-state index contributed by atoms with van der Waals surface area (Å²) in [6, 6.07) is 0. The lowest BCUT2D eigenvalue weighted by Crippen LogP contribution is -2.31. The van der Waals surface area contributed by atoms with Gasteiger partial charge < -0.3 is 14.8 Å². The molecule has 1 saturated heterocycles. The summed E-state index contributed by atoms with van der Waals surface area (Å²) >= 11 is 1.70. The van der Waals surface area contributed by atoms with Crippen molar-refractivity contribution in [1.29, 1.82) is 0 Å². The summed E-state index contributed by atoms with van der Waals surface area (Å²) < 4.78 is 13.5. The number of nitrogens with zero attached hydrogens (tertiary/aromatic N) is 4. The Morgan fingerprint density at radius 2 is 2.36 bits per heavy atom. The minimum Gasteiger partial charge on any atom is -0.376 e. The van der Waals surface area contributed by atoms with E-state index in [-0.39, 0.29) is 11.7 Å². The molecular formula is C17H21N5O2S. The standard InChI is InChI=1S/C17H21N5O2S/c1-17(2)6-11-12(8-24-17)25-15-13(11)14-19-9-20-22(14)16(21-15)18-7-10-4-3-5-23-10/h9-10H,3-8H2,1-2H3,(H,18,21)/t10-/m1/s1. The first-order valence-corrected chi connectivity index (χ1v) is 9.56. The van der Waals surface area contributed by atoms with Crippen molar-refractivity contribution in [1.82, 2.24) is 19.6 Å². The molecule has 2 aliphatic heterocycles. The first-order valence-electron chi connectivity index (χ1n) is 8.74. The van der Waals surface area contributed by atoms with E-state index in [4.69, 9.17) is 14.5 Å². The predicted octanol–water partition coefficient (Wildman–Crippen LogP) is 2.78. The highest BCUT2D eigenvalue weighted by atomic mass is 32.1. The van der Waals surface area contributed by atoms with E-state index in [1.54, 1.807) is 17.7 Å². The maximum absolute atomic E-state index is 5.97. The highest BCUT2D eigenvalue weighted by Crippen LogP contribution is 2.40. The summed E-state index contributed by atoms with van der Waals surface area (Å²) in [7, 11) is 0. The third-order valence-corrected chi connectivity index (χ3v) is 6.06. The number of nitrogens with one attached hydrogen (secondary N) is 1. The van der Waals surface area contributed by atoms with Gasteiger partial charge in [0, 0.05) is 24.4 Å². The van der Waals surface area contributed by atoms with Crippen LogP contribution in [0.4, 0.5) is 5.95 Å². The second-order valence-electron chi connectivity index (χ2n) is 7.36. The Balaban J connectivity index is 1.59. The van der Waals surface area contributed by atoms with Gasteiger partial charge in [0.15, 0.2) is 5.65 Å². The first-order chi connectivity index (χ1) is 12.1. The zero-order chi connectivity index (χ0) is 17.0. The van der Waals surface area contributed by atoms with E-state index in [9.17, 15) is 0 Å². The number of thiophene rings is 1. The Labute approximate surface area is 149 Å². The van der Waals surface area contributed by atoms with E-state index >= 15 is 0 Å². The number of fused-ring (bicyclic) bond motifs is 5. The van der Waals surface area contributed by atoms with Gasteiger partial charge in [0.2, 0.25) is 5.95 Å². The van der Waals surface area contributed by atoms with E-state index in [1.165, 1.54) is 10.4 Å². The molecule has 5 heterocycles. The van der Waals surface area contributed by atoms with Crippen molar-refractivity contribution in [2.24, 2.45) is 0 Å². The first kappa shape index (κ1) is 15.5. The number of rotatable bonds is 3. The normalized spacial score (nSPS) is 22.6. The number of anilines is 1. The molecule has 132 valence electrons. The molecule has 25 heavy (non-hydrogen) atoms. The Bertz CT molecular complexity index is 941. The molecule has 1 fully saturated rings. The Hall–Kier alpha value is -1.77. The van der Waals surface area contributed by atoms with Gasteiger partial charge in [0.1, 0.15) is 11.2 Å². The number of hydrogen-bond acceptors (Lipinski definition) is 7. The summed E-state index contributed by atoms with van der Waals surface area (Å²) in [5.41, 5.74) is 2.02. The highest BCUT2D eigenvalue weighted by Gasteiger charge is 2.31. The van der Waals surface area contributed by atoms with Crippen molar-refractivity contribution in [3.05, 3.63) is 16.8 Å². The Morgan fingerprint density at radius 3 is 3.20 bits per heavy atom. The number of hydrogen-bond donors (Lipinski definition) is 1. The Morgan fingerprint density at radius 1 is 1.44 bits per heavy atom. The summed E-state index contributed by atoms with van der Waals surface area (Å²) in [6.07, 6.45) is 4.94. The van der Waals surface area contributed by atoms with Crippen molar-refractivity contribution >= 4 is 33.1 Å². The number of aromatic nitrogens is 4. The molecule has 5 rings (SSSR count). The molecule has 0 unspecified atom stereocenters. The van der Waals surface area contributed by atoms with Crippen LogP contribution in [-0.4, -0.2) is 44.4 Å². The molecule has 0 amide bonds. The minimum atomic E-state index is -0.158. The van der Waals surface area contributed by atoms with Gasteiger partial charge in [-0.2, -0.15) is 9.61 Å². The zero-order valence-corrected chi connectivity index (χ0v) is 15.2. The second-order valence-corrected chi connectivity index (χ2v) is 8.44. The summed E-state index contributed by atoms with van der Waals surface area (Å²) in [5.74, 6) is 0.731. The van der Waals surface area contributed by atoms with Gasteiger partial charge in [-0.3, -0.25) is 0 Å². The molecule has 0 spiro atoms. The molecule has 0 aliphatic carbocycles. The molecule has 3 aromatic heterocycles. The van der Waals surface area contributed by atoms with E-state index < -0.39 is 0 Å². The fourth-order valence-electron chi connectivity index (χ4n) is 3.68. The largest absolute Gasteiger partial charge is 0.376 e. The maximum Gasteiger partial charge on any atom is 0.227 e. The lowest BCUT2D eigenvalue weighted by atomic mass is 9.94. The fraction of sp³-hybridized carbons (Fsp3) is 0.588. The molecule has 0 aromatic carbocycles. The SMILES string of the molecule is CC1(C)Cc2c(sc3nc(NC[C@H]4CCCO4)n4ncnc4c23)CO1. The monoisotopic (exact) mass is 359 g/mol. The maximum atomic E-state index is 5.97. The zero-order valence-electron chi connectivity index (χ0n) is 14.4. The molecule has 2 aliphatic rings. The number of ether oxygens (including phenoxy) is 2. The average Bonchev–Trinajstić information content (AvgIpc) is 3.30. The van der Waals surface area contributed by atoms with Gasteiger partial charge in [0.05, 0.1) is 23.7 Å². The van der Waals surface area contributed by atoms with Crippen LogP contribution in [0.5, 0.6) is 0 Å². The molecule has 0 radical (unpaired) electrons. The van der Waals surface area contributed by atoms with Gasteiger partial charge >= 0.3 is 0 Å². The predicted molar refractivity (Wildman–Crippen MR) is 96.2 cm³/mol. The highest BCUT2D eigenvalue weighted by molar-refractivity contribution is 7.19. The van der Waals surface area contributed by atoms with Crippen molar-refractivity contribution < 1.29 is 9.47 Å². The molecule has 8 heteroatoms. The van der Waals surface area contributed by atoms with Crippen molar-refractivity contribution in [2.45, 2.75) is 51.4 Å². The molecular weight excluding hydrogens is 338 g/mol. The molecule has 1 atom stereocenters. The summed E-state index contributed by atoms with van der Waals surface area (Å²) in [5, 5.41) is 8.92. The van der Waals surface area contributed by atoms with Gasteiger partial charge in [-0.1, -0.05) is 0 Å². The van der Waals surface area contributed by atoms with Crippen LogP contribution in [0.15, 0.2) is 6.33 Å². The smallest absolute Gasteiger partial charge is 0.227 e. The van der Waals surface area contributed by atoms with Crippen LogP contribution in [0, 0.1) is 0 Å². The van der Waals surface area contributed by atoms with Crippen LogP contribution in [0.1, 0.15) is 37.1 Å². The van der Waals surface area contributed by atoms with Gasteiger partial charge in [0.25, 0.3) is 0 Å². The van der Waals surface area contributed by atoms with E-state index in [0.717, 1.165) is 54.2 Å². The summed E-state index contributed by atoms with van der Waals surface area (Å²) in [6.45, 7) is 6.50. The van der Waals surface area contributed by atoms with Crippen molar-refractivity contribution in [3.8, 4) is 0 Å². The second kappa shape index (κ2) is 5.62. The summed E-state index contributed by atoms with van der Waals surface area (Å²) in [4.78, 5) is 11.6. The topological polar surface area (TPSA) is 73.6 Å². The molecule has 1 N–H and O–H groups in total. The molecule has 3 aromatic rings. The van der Waals surface area contributed by atoms with Gasteiger partial charge in [-0.15, -0.1) is 11.3 Å². The van der Waals surface area contributed by atoms with Gasteiger partial charge in [-0.05, 0) is 32.3 Å². The van der Waals surface area contributed by atoms with Crippen LogP contribution in [0.3, 0.4) is 0 Å². The minimum absolute atomic E-state index is 0.158. The lowest BCUT2D eigenvalue weighted by molar-refractivity contribution is -0.0379. The fourth-order valence-corrected chi connectivity index (χ4v) is 4.78. The third-order valence-electron chi connectivity index (χ3n) is 4.96. The average molecular weight is 359 g/mol. The van der Waals surface area contributed by atoms with Crippen LogP contribution in [0.25, 0.3) is 15.9 Å². The Kier molecular flexibility index (Phi) is 3.48.